The number of ether oxygens (including phenoxy) is 2. The highest BCUT2D eigenvalue weighted by Crippen LogP contribution is 2.25. The average molecular weight is 515 g/mol. The summed E-state index contributed by atoms with van der Waals surface area (Å²) in [5.74, 6) is 2.22. The molecule has 0 saturated heterocycles. The van der Waals surface area contributed by atoms with Gasteiger partial charge in [-0.2, -0.15) is 4.40 Å². The van der Waals surface area contributed by atoms with E-state index in [9.17, 15) is 4.21 Å². The molecule has 0 aliphatic carbocycles. The molecule has 1 heterocycles. The zero-order chi connectivity index (χ0) is 25.6. The minimum atomic E-state index is -1.42. The van der Waals surface area contributed by atoms with E-state index in [1.807, 2.05) is 75.4 Å². The van der Waals surface area contributed by atoms with Crippen LogP contribution in [0.5, 0.6) is 11.5 Å². The lowest BCUT2D eigenvalue weighted by atomic mass is 10.1. The van der Waals surface area contributed by atoms with Crippen molar-refractivity contribution in [2.75, 3.05) is 19.1 Å². The van der Waals surface area contributed by atoms with Gasteiger partial charge < -0.3 is 14.4 Å². The normalized spacial score (nSPS) is 12.8. The van der Waals surface area contributed by atoms with Crippen LogP contribution in [0.3, 0.4) is 0 Å². The number of aromatic nitrogens is 2. The van der Waals surface area contributed by atoms with Gasteiger partial charge in [0.1, 0.15) is 22.5 Å². The van der Waals surface area contributed by atoms with E-state index in [0.29, 0.717) is 30.2 Å². The van der Waals surface area contributed by atoms with Gasteiger partial charge in [-0.1, -0.05) is 35.9 Å². The van der Waals surface area contributed by atoms with E-state index in [2.05, 4.69) is 19.5 Å². The maximum atomic E-state index is 12.6. The third-order valence-electron chi connectivity index (χ3n) is 5.26. The fourth-order valence-electron chi connectivity index (χ4n) is 3.21. The van der Waals surface area contributed by atoms with Gasteiger partial charge in [-0.3, -0.25) is 0 Å². The molecule has 0 saturated carbocycles. The van der Waals surface area contributed by atoms with Gasteiger partial charge in [0.05, 0.1) is 24.7 Å². The predicted molar refractivity (Wildman–Crippen MR) is 143 cm³/mol. The third kappa shape index (κ3) is 7.26. The van der Waals surface area contributed by atoms with Crippen molar-refractivity contribution in [1.82, 2.24) is 10.2 Å². The largest absolute Gasteiger partial charge is 0.497 e. The second-order valence-electron chi connectivity index (χ2n) is 9.00. The topological polar surface area (TPSA) is 76.9 Å². The second kappa shape index (κ2) is 11.6. The fourth-order valence-corrected chi connectivity index (χ4v) is 4.06. The van der Waals surface area contributed by atoms with E-state index >= 15 is 0 Å². The molecule has 0 radical (unpaired) electrons. The van der Waals surface area contributed by atoms with Gasteiger partial charge >= 0.3 is 0 Å². The summed E-state index contributed by atoms with van der Waals surface area (Å²) in [5, 5.41) is 8.77. The van der Waals surface area contributed by atoms with E-state index in [0.717, 1.165) is 22.6 Å². The van der Waals surface area contributed by atoms with Gasteiger partial charge in [-0.15, -0.1) is 10.2 Å². The molecule has 35 heavy (non-hydrogen) atoms. The lowest BCUT2D eigenvalue weighted by Gasteiger charge is -2.24. The predicted octanol–water partition coefficient (Wildman–Crippen LogP) is 5.63. The zero-order valence-electron chi connectivity index (χ0n) is 20.9. The molecule has 3 aromatic rings. The van der Waals surface area contributed by atoms with Crippen LogP contribution in [0.1, 0.15) is 44.4 Å². The van der Waals surface area contributed by atoms with Crippen LogP contribution in [-0.2, 0) is 24.1 Å². The zero-order valence-corrected chi connectivity index (χ0v) is 22.5. The summed E-state index contributed by atoms with van der Waals surface area (Å²) in [7, 11) is 1.87. The second-order valence-corrected chi connectivity index (χ2v) is 11.3. The van der Waals surface area contributed by atoms with Crippen molar-refractivity contribution in [3.8, 4) is 11.5 Å². The number of nitrogens with zero attached hydrogens (tertiary/aromatic N) is 4. The van der Waals surface area contributed by atoms with Crippen LogP contribution in [0.4, 0.5) is 5.82 Å². The standard InChI is InChI=1S/C26H31ClN4O3S/c1-18(30-35(32)26(2,3)4)23-15-24(28-29-25(23)27)31(16-19-7-11-21(33-5)12-8-19)17-20-9-13-22(34-6)14-10-20/h7-15H,16-17H2,1-6H3/t35-/m1/s1. The lowest BCUT2D eigenvalue weighted by molar-refractivity contribution is 0.414. The van der Waals surface area contributed by atoms with E-state index < -0.39 is 15.7 Å². The van der Waals surface area contributed by atoms with Crippen LogP contribution in [-0.4, -0.2) is 39.1 Å². The van der Waals surface area contributed by atoms with Gasteiger partial charge in [0.2, 0.25) is 0 Å². The molecule has 0 N–H and O–H groups in total. The quantitative estimate of drug-likeness (QED) is 0.345. The Morgan fingerprint density at radius 2 is 1.43 bits per heavy atom. The summed E-state index contributed by atoms with van der Waals surface area (Å²) < 4.78 is 27.0. The SMILES string of the molecule is COc1ccc(CN(Cc2ccc(OC)cc2)c2cc(C(C)=N[S@](=O)C(C)(C)C)c(Cl)nn2)cc1. The van der Waals surface area contributed by atoms with Gasteiger partial charge in [0.25, 0.3) is 0 Å². The molecular weight excluding hydrogens is 484 g/mol. The van der Waals surface area contributed by atoms with Crippen molar-refractivity contribution in [2.45, 2.75) is 45.5 Å². The fraction of sp³-hybridized carbons (Fsp3) is 0.346. The van der Waals surface area contributed by atoms with Gasteiger partial charge in [0.15, 0.2) is 11.0 Å². The number of rotatable bonds is 9. The highest BCUT2D eigenvalue weighted by molar-refractivity contribution is 7.85. The summed E-state index contributed by atoms with van der Waals surface area (Å²) in [6.45, 7) is 8.58. The van der Waals surface area contributed by atoms with Crippen molar-refractivity contribution < 1.29 is 13.7 Å². The molecule has 3 rings (SSSR count). The van der Waals surface area contributed by atoms with Crippen LogP contribution >= 0.6 is 11.6 Å². The van der Waals surface area contributed by atoms with E-state index in [4.69, 9.17) is 21.1 Å². The smallest absolute Gasteiger partial charge is 0.160 e. The minimum absolute atomic E-state index is 0.217. The lowest BCUT2D eigenvalue weighted by Crippen LogP contribution is -2.24. The first-order valence-electron chi connectivity index (χ1n) is 11.1. The van der Waals surface area contributed by atoms with E-state index in [1.54, 1.807) is 21.1 Å². The Morgan fingerprint density at radius 1 is 0.943 bits per heavy atom. The summed E-state index contributed by atoms with van der Waals surface area (Å²) in [5.41, 5.74) is 3.31. The molecule has 2 aromatic carbocycles. The maximum absolute atomic E-state index is 12.6. The molecule has 0 spiro atoms. The van der Waals surface area contributed by atoms with Crippen LogP contribution in [0.2, 0.25) is 5.15 Å². The Balaban J connectivity index is 1.98. The molecule has 9 heteroatoms. The Morgan fingerprint density at radius 3 is 1.86 bits per heavy atom. The first-order chi connectivity index (χ1) is 16.6. The molecule has 186 valence electrons. The molecular formula is C26H31ClN4O3S. The Hall–Kier alpha value is -2.97. The summed E-state index contributed by atoms with van der Waals surface area (Å²) in [6, 6.07) is 17.6. The molecule has 7 nitrogen and oxygen atoms in total. The molecule has 0 amide bonds. The first-order valence-corrected chi connectivity index (χ1v) is 12.6. The molecule has 0 aliphatic heterocycles. The number of methoxy groups -OCH3 is 2. The molecule has 0 fully saturated rings. The number of anilines is 1. The van der Waals surface area contributed by atoms with Crippen LogP contribution in [0, 0.1) is 0 Å². The van der Waals surface area contributed by atoms with Crippen LogP contribution in [0.15, 0.2) is 59.0 Å². The Labute approximate surface area is 214 Å². The molecule has 1 atom stereocenters. The van der Waals surface area contributed by atoms with Crippen molar-refractivity contribution in [3.63, 3.8) is 0 Å². The Kier molecular flexibility index (Phi) is 8.86. The third-order valence-corrected chi connectivity index (χ3v) is 7.03. The number of hydrogen-bond acceptors (Lipinski definition) is 6. The summed E-state index contributed by atoms with van der Waals surface area (Å²) in [4.78, 5) is 2.10. The van der Waals surface area contributed by atoms with Gasteiger partial charge in [-0.25, -0.2) is 4.21 Å². The van der Waals surface area contributed by atoms with Gasteiger partial charge in [0, 0.05) is 18.7 Å². The molecule has 0 unspecified atom stereocenters. The number of benzene rings is 2. The van der Waals surface area contributed by atoms with Crippen molar-refractivity contribution in [2.24, 2.45) is 4.40 Å². The molecule has 1 aromatic heterocycles. The first kappa shape index (κ1) is 26.6. The monoisotopic (exact) mass is 514 g/mol. The van der Waals surface area contributed by atoms with Crippen molar-refractivity contribution in [1.29, 1.82) is 0 Å². The Bertz CT molecular complexity index is 1140. The van der Waals surface area contributed by atoms with E-state index in [1.165, 1.54) is 0 Å². The summed E-state index contributed by atoms with van der Waals surface area (Å²) >= 11 is 6.38. The number of hydrogen-bond donors (Lipinski definition) is 0. The van der Waals surface area contributed by atoms with Crippen LogP contribution in [0.25, 0.3) is 0 Å². The highest BCUT2D eigenvalue weighted by atomic mass is 35.5. The maximum Gasteiger partial charge on any atom is 0.160 e. The van der Waals surface area contributed by atoms with Crippen molar-refractivity contribution >= 4 is 34.1 Å². The average Bonchev–Trinajstić information content (AvgIpc) is 2.84. The highest BCUT2D eigenvalue weighted by Gasteiger charge is 2.21. The molecule has 0 bridgehead atoms. The minimum Gasteiger partial charge on any atom is -0.497 e. The number of halogens is 1. The molecule has 0 aliphatic rings. The summed E-state index contributed by atoms with van der Waals surface area (Å²) in [6.07, 6.45) is 0. The van der Waals surface area contributed by atoms with Crippen LogP contribution < -0.4 is 14.4 Å². The van der Waals surface area contributed by atoms with Crippen molar-refractivity contribution in [3.05, 3.63) is 76.4 Å². The van der Waals surface area contributed by atoms with E-state index in [-0.39, 0.29) is 5.15 Å². The van der Waals surface area contributed by atoms with Gasteiger partial charge in [-0.05, 0) is 69.2 Å².